The Morgan fingerprint density at radius 2 is 1.58 bits per heavy atom. The van der Waals surface area contributed by atoms with E-state index in [1.807, 2.05) is 30.5 Å². The maximum absolute atomic E-state index is 9.00. The molecule has 182 valence electrons. The van der Waals surface area contributed by atoms with Crippen LogP contribution < -0.4 is 4.90 Å². The summed E-state index contributed by atoms with van der Waals surface area (Å²) >= 11 is 0. The molecule has 0 saturated carbocycles. The summed E-state index contributed by atoms with van der Waals surface area (Å²) in [6, 6.07) is 32.1. The highest BCUT2D eigenvalue weighted by molar-refractivity contribution is 5.46. The lowest BCUT2D eigenvalue weighted by atomic mass is 10.0. The number of nitriles is 1. The molecule has 3 aromatic carbocycles. The molecular weight excluding hydrogens is 442 g/mol. The SMILES string of the molecule is N#Cc1ccc(Cc2ncc(CCN(Cc3ccccc3)C3CCN(c4ccccc4)CC3)[nH]2)cc1. The second-order valence-electron chi connectivity index (χ2n) is 9.60. The zero-order valence-corrected chi connectivity index (χ0v) is 20.7. The summed E-state index contributed by atoms with van der Waals surface area (Å²) in [5.41, 5.74) is 5.73. The highest BCUT2D eigenvalue weighted by Gasteiger charge is 2.25. The van der Waals surface area contributed by atoms with Gasteiger partial charge in [-0.25, -0.2) is 4.98 Å². The number of nitrogens with one attached hydrogen (secondary N) is 1. The predicted molar refractivity (Wildman–Crippen MR) is 145 cm³/mol. The normalized spacial score (nSPS) is 14.2. The fraction of sp³-hybridized carbons (Fsp3) is 0.290. The van der Waals surface area contributed by atoms with E-state index >= 15 is 0 Å². The van der Waals surface area contributed by atoms with Crippen molar-refractivity contribution in [3.8, 4) is 6.07 Å². The van der Waals surface area contributed by atoms with Crippen LogP contribution in [-0.2, 0) is 19.4 Å². The molecule has 1 saturated heterocycles. The molecule has 0 aliphatic carbocycles. The summed E-state index contributed by atoms with van der Waals surface area (Å²) in [6.07, 6.45) is 6.03. The van der Waals surface area contributed by atoms with Gasteiger partial charge in [0.1, 0.15) is 5.82 Å². The smallest absolute Gasteiger partial charge is 0.110 e. The zero-order chi connectivity index (χ0) is 24.6. The molecule has 1 N–H and O–H groups in total. The van der Waals surface area contributed by atoms with E-state index in [1.54, 1.807) is 0 Å². The number of piperidine rings is 1. The number of aromatic amines is 1. The van der Waals surface area contributed by atoms with Crippen molar-refractivity contribution in [1.82, 2.24) is 14.9 Å². The van der Waals surface area contributed by atoms with E-state index in [0.717, 1.165) is 50.4 Å². The van der Waals surface area contributed by atoms with Crippen molar-refractivity contribution in [2.75, 3.05) is 24.5 Å². The molecule has 0 atom stereocenters. The van der Waals surface area contributed by atoms with Gasteiger partial charge in [0, 0.05) is 62.6 Å². The monoisotopic (exact) mass is 475 g/mol. The number of H-pyrrole nitrogens is 1. The summed E-state index contributed by atoms with van der Waals surface area (Å²) in [4.78, 5) is 13.3. The molecule has 5 rings (SSSR count). The molecule has 1 aliphatic rings. The predicted octanol–water partition coefficient (Wildman–Crippen LogP) is 5.59. The number of nitrogens with zero attached hydrogens (tertiary/aromatic N) is 4. The van der Waals surface area contributed by atoms with Crippen molar-refractivity contribution in [2.24, 2.45) is 0 Å². The van der Waals surface area contributed by atoms with Crippen LogP contribution >= 0.6 is 0 Å². The lowest BCUT2D eigenvalue weighted by Gasteiger charge is -2.39. The fourth-order valence-electron chi connectivity index (χ4n) is 5.11. The Morgan fingerprint density at radius 3 is 2.28 bits per heavy atom. The standard InChI is InChI=1S/C31H33N5/c32-22-26-13-11-25(12-14-26)21-31-33-23-28(34-31)15-18-36(24-27-7-3-1-4-8-27)30-16-19-35(20-17-30)29-9-5-2-6-10-29/h1-14,23,30H,15-21,24H2,(H,33,34). The average Bonchev–Trinajstić information content (AvgIpc) is 3.40. The van der Waals surface area contributed by atoms with E-state index in [0.29, 0.717) is 11.6 Å². The topological polar surface area (TPSA) is 59.0 Å². The third kappa shape index (κ3) is 6.21. The van der Waals surface area contributed by atoms with E-state index in [-0.39, 0.29) is 0 Å². The second kappa shape index (κ2) is 11.7. The van der Waals surface area contributed by atoms with E-state index < -0.39 is 0 Å². The molecule has 5 heteroatoms. The van der Waals surface area contributed by atoms with E-state index in [9.17, 15) is 0 Å². The van der Waals surface area contributed by atoms with Gasteiger partial charge in [-0.05, 0) is 48.2 Å². The Kier molecular flexibility index (Phi) is 7.75. The number of para-hydroxylation sites is 1. The van der Waals surface area contributed by atoms with Crippen LogP contribution in [0.15, 0.2) is 91.1 Å². The first-order chi connectivity index (χ1) is 17.8. The zero-order valence-electron chi connectivity index (χ0n) is 20.7. The first kappa shape index (κ1) is 23.8. The average molecular weight is 476 g/mol. The maximum atomic E-state index is 9.00. The van der Waals surface area contributed by atoms with Gasteiger partial charge in [0.15, 0.2) is 0 Å². The molecule has 0 amide bonds. The first-order valence-electron chi connectivity index (χ1n) is 12.9. The maximum Gasteiger partial charge on any atom is 0.110 e. The Morgan fingerprint density at radius 1 is 0.889 bits per heavy atom. The van der Waals surface area contributed by atoms with Gasteiger partial charge >= 0.3 is 0 Å². The minimum atomic E-state index is 0.575. The molecule has 0 unspecified atom stereocenters. The Hall–Kier alpha value is -3.88. The molecule has 1 fully saturated rings. The summed E-state index contributed by atoms with van der Waals surface area (Å²) in [6.45, 7) is 4.17. The summed E-state index contributed by atoms with van der Waals surface area (Å²) in [7, 11) is 0. The van der Waals surface area contributed by atoms with Gasteiger partial charge in [0.05, 0.1) is 11.6 Å². The Balaban J connectivity index is 1.21. The third-order valence-corrected chi connectivity index (χ3v) is 7.13. The first-order valence-corrected chi connectivity index (χ1v) is 12.9. The van der Waals surface area contributed by atoms with Crippen molar-refractivity contribution >= 4 is 5.69 Å². The Bertz CT molecular complexity index is 1250. The van der Waals surface area contributed by atoms with Crippen molar-refractivity contribution in [1.29, 1.82) is 5.26 Å². The van der Waals surface area contributed by atoms with Gasteiger partial charge in [0.2, 0.25) is 0 Å². The molecule has 0 spiro atoms. The van der Waals surface area contributed by atoms with Gasteiger partial charge in [-0.2, -0.15) is 5.26 Å². The van der Waals surface area contributed by atoms with Crippen molar-refractivity contribution in [3.63, 3.8) is 0 Å². The van der Waals surface area contributed by atoms with Gasteiger partial charge in [0.25, 0.3) is 0 Å². The molecule has 1 aliphatic heterocycles. The van der Waals surface area contributed by atoms with Crippen molar-refractivity contribution in [2.45, 2.75) is 38.3 Å². The number of benzene rings is 3. The number of aromatic nitrogens is 2. The van der Waals surface area contributed by atoms with E-state index in [2.05, 4.69) is 86.5 Å². The van der Waals surface area contributed by atoms with Gasteiger partial charge in [-0.1, -0.05) is 60.7 Å². The molecule has 0 radical (unpaired) electrons. The van der Waals surface area contributed by atoms with Crippen LogP contribution in [-0.4, -0.2) is 40.5 Å². The lowest BCUT2D eigenvalue weighted by molar-refractivity contribution is 0.162. The number of hydrogen-bond acceptors (Lipinski definition) is 4. The highest BCUT2D eigenvalue weighted by Crippen LogP contribution is 2.24. The largest absolute Gasteiger partial charge is 0.371 e. The van der Waals surface area contributed by atoms with Gasteiger partial charge in [-0.15, -0.1) is 0 Å². The summed E-state index contributed by atoms with van der Waals surface area (Å²) in [5, 5.41) is 9.00. The lowest BCUT2D eigenvalue weighted by Crippen LogP contribution is -2.45. The van der Waals surface area contributed by atoms with Crippen LogP contribution in [0.4, 0.5) is 5.69 Å². The molecule has 36 heavy (non-hydrogen) atoms. The minimum absolute atomic E-state index is 0.575. The fourth-order valence-corrected chi connectivity index (χ4v) is 5.11. The van der Waals surface area contributed by atoms with Crippen LogP contribution in [0.2, 0.25) is 0 Å². The summed E-state index contributed by atoms with van der Waals surface area (Å²) < 4.78 is 0. The molecular formula is C31H33N5. The van der Waals surface area contributed by atoms with Crippen LogP contribution in [0.5, 0.6) is 0 Å². The summed E-state index contributed by atoms with van der Waals surface area (Å²) in [5.74, 6) is 0.973. The van der Waals surface area contributed by atoms with Crippen LogP contribution in [0, 0.1) is 11.3 Å². The number of hydrogen-bond donors (Lipinski definition) is 1. The molecule has 2 heterocycles. The van der Waals surface area contributed by atoms with Crippen LogP contribution in [0.3, 0.4) is 0 Å². The van der Waals surface area contributed by atoms with E-state index in [4.69, 9.17) is 5.26 Å². The number of anilines is 1. The van der Waals surface area contributed by atoms with Gasteiger partial charge < -0.3 is 9.88 Å². The quantitative estimate of drug-likeness (QED) is 0.343. The third-order valence-electron chi connectivity index (χ3n) is 7.13. The van der Waals surface area contributed by atoms with Crippen LogP contribution in [0.1, 0.15) is 41.1 Å². The number of imidazole rings is 1. The molecule has 5 nitrogen and oxygen atoms in total. The van der Waals surface area contributed by atoms with Crippen molar-refractivity contribution < 1.29 is 0 Å². The highest BCUT2D eigenvalue weighted by atomic mass is 15.2. The molecule has 4 aromatic rings. The minimum Gasteiger partial charge on any atom is -0.371 e. The number of rotatable bonds is 9. The molecule has 0 bridgehead atoms. The second-order valence-corrected chi connectivity index (χ2v) is 9.60. The van der Waals surface area contributed by atoms with E-state index in [1.165, 1.54) is 29.8 Å². The Labute approximate surface area is 214 Å². The van der Waals surface area contributed by atoms with Crippen LogP contribution in [0.25, 0.3) is 0 Å². The van der Waals surface area contributed by atoms with Gasteiger partial charge in [-0.3, -0.25) is 4.90 Å². The van der Waals surface area contributed by atoms with Crippen molar-refractivity contribution in [3.05, 3.63) is 119 Å². The molecule has 1 aromatic heterocycles.